The number of ether oxygens (including phenoxy) is 2. The van der Waals surface area contributed by atoms with Crippen molar-refractivity contribution in [3.63, 3.8) is 0 Å². The van der Waals surface area contributed by atoms with E-state index in [1.54, 1.807) is 37.3 Å². The Morgan fingerprint density at radius 1 is 0.710 bits per heavy atom. The van der Waals surface area contributed by atoms with Gasteiger partial charge in [0, 0.05) is 5.56 Å². The van der Waals surface area contributed by atoms with Crippen molar-refractivity contribution in [1.29, 1.82) is 0 Å². The molecule has 0 bridgehead atoms. The number of rotatable bonds is 10. The Balaban J connectivity index is 1.64. The van der Waals surface area contributed by atoms with Crippen LogP contribution < -0.4 is 9.47 Å². The molecule has 0 fully saturated rings. The van der Waals surface area contributed by atoms with Crippen molar-refractivity contribution in [2.24, 2.45) is 0 Å². The van der Waals surface area contributed by atoms with Crippen LogP contribution in [-0.4, -0.2) is 6.61 Å². The molecule has 3 aromatic carbocycles. The molecule has 0 aliphatic rings. The molecule has 0 aliphatic heterocycles. The lowest BCUT2D eigenvalue weighted by atomic mass is 10.0. The van der Waals surface area contributed by atoms with E-state index in [1.807, 2.05) is 6.07 Å². The third kappa shape index (κ3) is 5.81. The molecule has 2 nitrogen and oxygen atoms in total. The van der Waals surface area contributed by atoms with Gasteiger partial charge in [-0.05, 0) is 60.7 Å². The van der Waals surface area contributed by atoms with Gasteiger partial charge in [0.1, 0.15) is 6.61 Å². The zero-order valence-electron chi connectivity index (χ0n) is 17.9. The van der Waals surface area contributed by atoms with Crippen LogP contribution in [0.1, 0.15) is 44.2 Å². The first kappa shape index (κ1) is 22.7. The van der Waals surface area contributed by atoms with Crippen molar-refractivity contribution in [2.45, 2.75) is 46.1 Å². The van der Waals surface area contributed by atoms with Crippen molar-refractivity contribution in [3.8, 4) is 22.6 Å². The van der Waals surface area contributed by atoms with Crippen LogP contribution in [-0.2, 0) is 13.0 Å². The van der Waals surface area contributed by atoms with Gasteiger partial charge < -0.3 is 9.47 Å². The first-order valence-corrected chi connectivity index (χ1v) is 10.6. The zero-order chi connectivity index (χ0) is 22.2. The van der Waals surface area contributed by atoms with E-state index in [-0.39, 0.29) is 36.1 Å². The molecule has 164 valence electrons. The summed E-state index contributed by atoms with van der Waals surface area (Å²) in [4.78, 5) is 0. The van der Waals surface area contributed by atoms with E-state index in [2.05, 4.69) is 6.92 Å². The standard InChI is InChI=1S/C26H27F3O2/c1-3-5-6-7-18-10-14-23(22(27)16-18)31-17-19-8-11-20(12-9-19)21-13-15-24(30-4-2)26(29)25(21)28/h8-16H,3-7,17H2,1-2H3. The van der Waals surface area contributed by atoms with Crippen LogP contribution in [0.15, 0.2) is 54.6 Å². The van der Waals surface area contributed by atoms with Crippen molar-refractivity contribution < 1.29 is 22.6 Å². The largest absolute Gasteiger partial charge is 0.491 e. The number of benzene rings is 3. The van der Waals surface area contributed by atoms with Crippen molar-refractivity contribution >= 4 is 0 Å². The van der Waals surface area contributed by atoms with Crippen LogP contribution in [0.5, 0.6) is 11.5 Å². The van der Waals surface area contributed by atoms with E-state index in [0.717, 1.165) is 36.8 Å². The molecular weight excluding hydrogens is 401 g/mol. The molecule has 31 heavy (non-hydrogen) atoms. The molecular formula is C26H27F3O2. The van der Waals surface area contributed by atoms with Gasteiger partial charge in [-0.2, -0.15) is 4.39 Å². The molecule has 0 heterocycles. The van der Waals surface area contributed by atoms with Gasteiger partial charge in [0.05, 0.1) is 6.61 Å². The minimum Gasteiger partial charge on any atom is -0.491 e. The van der Waals surface area contributed by atoms with Crippen molar-refractivity contribution in [1.82, 2.24) is 0 Å². The topological polar surface area (TPSA) is 18.5 Å². The quantitative estimate of drug-likeness (QED) is 0.312. The molecule has 3 rings (SSSR count). The molecule has 0 unspecified atom stereocenters. The lowest BCUT2D eigenvalue weighted by Gasteiger charge is -2.11. The Kier molecular flexibility index (Phi) is 7.99. The second-order valence-corrected chi connectivity index (χ2v) is 7.38. The monoisotopic (exact) mass is 428 g/mol. The van der Waals surface area contributed by atoms with E-state index >= 15 is 0 Å². The maximum atomic E-state index is 14.4. The summed E-state index contributed by atoms with van der Waals surface area (Å²) in [5, 5.41) is 0. The summed E-state index contributed by atoms with van der Waals surface area (Å²) in [6.45, 7) is 4.27. The Bertz CT molecular complexity index is 1000. The first-order chi connectivity index (χ1) is 15.0. The SMILES string of the molecule is CCCCCc1ccc(OCc2ccc(-c3ccc(OCC)c(F)c3F)cc2)c(F)c1. The second-order valence-electron chi connectivity index (χ2n) is 7.38. The van der Waals surface area contributed by atoms with Gasteiger partial charge in [-0.15, -0.1) is 0 Å². The lowest BCUT2D eigenvalue weighted by molar-refractivity contribution is 0.290. The van der Waals surface area contributed by atoms with E-state index in [4.69, 9.17) is 9.47 Å². The van der Waals surface area contributed by atoms with Crippen LogP contribution in [0.4, 0.5) is 13.2 Å². The van der Waals surface area contributed by atoms with Crippen LogP contribution >= 0.6 is 0 Å². The van der Waals surface area contributed by atoms with Gasteiger partial charge in [0.2, 0.25) is 5.82 Å². The number of halogens is 3. The predicted octanol–water partition coefficient (Wildman–Crippen LogP) is 7.48. The van der Waals surface area contributed by atoms with E-state index in [9.17, 15) is 13.2 Å². The fourth-order valence-corrected chi connectivity index (χ4v) is 3.36. The normalized spacial score (nSPS) is 10.9. The predicted molar refractivity (Wildman–Crippen MR) is 117 cm³/mol. The first-order valence-electron chi connectivity index (χ1n) is 10.6. The number of aryl methyl sites for hydroxylation is 1. The minimum atomic E-state index is -1.000. The summed E-state index contributed by atoms with van der Waals surface area (Å²) in [6.07, 6.45) is 4.16. The molecule has 5 heteroatoms. The lowest BCUT2D eigenvalue weighted by Crippen LogP contribution is -2.00. The summed E-state index contributed by atoms with van der Waals surface area (Å²) in [6, 6.07) is 14.9. The fourth-order valence-electron chi connectivity index (χ4n) is 3.36. The van der Waals surface area contributed by atoms with Gasteiger partial charge in [-0.1, -0.05) is 50.1 Å². The molecule has 0 saturated heterocycles. The van der Waals surface area contributed by atoms with Crippen molar-refractivity contribution in [3.05, 3.63) is 83.2 Å². The molecule has 0 amide bonds. The van der Waals surface area contributed by atoms with Crippen LogP contribution in [0.2, 0.25) is 0 Å². The average molecular weight is 428 g/mol. The van der Waals surface area contributed by atoms with Gasteiger partial charge in [-0.3, -0.25) is 0 Å². The summed E-state index contributed by atoms with van der Waals surface area (Å²) in [5.41, 5.74) is 2.44. The second kappa shape index (κ2) is 10.9. The highest BCUT2D eigenvalue weighted by atomic mass is 19.2. The highest BCUT2D eigenvalue weighted by Crippen LogP contribution is 2.30. The molecule has 0 saturated carbocycles. The molecule has 0 aromatic heterocycles. The number of hydrogen-bond acceptors (Lipinski definition) is 2. The summed E-state index contributed by atoms with van der Waals surface area (Å²) in [7, 11) is 0. The third-order valence-corrected chi connectivity index (χ3v) is 5.07. The Morgan fingerprint density at radius 3 is 2.10 bits per heavy atom. The van der Waals surface area contributed by atoms with Gasteiger partial charge in [0.25, 0.3) is 0 Å². The Hall–Kier alpha value is -2.95. The maximum Gasteiger partial charge on any atom is 0.201 e. The van der Waals surface area contributed by atoms with E-state index in [1.165, 1.54) is 18.2 Å². The molecule has 0 aliphatic carbocycles. The summed E-state index contributed by atoms with van der Waals surface area (Å²) >= 11 is 0. The maximum absolute atomic E-state index is 14.4. The molecule has 0 radical (unpaired) electrons. The number of unbranched alkanes of at least 4 members (excludes halogenated alkanes) is 2. The molecule has 0 N–H and O–H groups in total. The molecule has 3 aromatic rings. The summed E-state index contributed by atoms with van der Waals surface area (Å²) in [5.74, 6) is -2.23. The van der Waals surface area contributed by atoms with Crippen LogP contribution in [0.3, 0.4) is 0 Å². The van der Waals surface area contributed by atoms with Gasteiger partial charge in [-0.25, -0.2) is 8.78 Å². The molecule has 0 spiro atoms. The minimum absolute atomic E-state index is 0.104. The molecule has 0 atom stereocenters. The summed E-state index contributed by atoms with van der Waals surface area (Å²) < 4.78 is 53.5. The van der Waals surface area contributed by atoms with E-state index < -0.39 is 11.6 Å². The fraction of sp³-hybridized carbons (Fsp3) is 0.308. The van der Waals surface area contributed by atoms with E-state index in [0.29, 0.717) is 5.56 Å². The third-order valence-electron chi connectivity index (χ3n) is 5.07. The Morgan fingerprint density at radius 2 is 1.42 bits per heavy atom. The zero-order valence-corrected chi connectivity index (χ0v) is 17.9. The smallest absolute Gasteiger partial charge is 0.201 e. The van der Waals surface area contributed by atoms with Crippen molar-refractivity contribution in [2.75, 3.05) is 6.61 Å². The number of hydrogen-bond donors (Lipinski definition) is 0. The van der Waals surface area contributed by atoms with Crippen LogP contribution in [0.25, 0.3) is 11.1 Å². The highest BCUT2D eigenvalue weighted by molar-refractivity contribution is 5.65. The van der Waals surface area contributed by atoms with Crippen LogP contribution in [0, 0.1) is 17.5 Å². The van der Waals surface area contributed by atoms with Gasteiger partial charge >= 0.3 is 0 Å². The Labute approximate surface area is 181 Å². The van der Waals surface area contributed by atoms with Gasteiger partial charge in [0.15, 0.2) is 23.1 Å². The highest BCUT2D eigenvalue weighted by Gasteiger charge is 2.15. The average Bonchev–Trinajstić information content (AvgIpc) is 2.77.